The average Bonchev–Trinajstić information content (AvgIpc) is 3.23. The van der Waals surface area contributed by atoms with Crippen LogP contribution in [0.3, 0.4) is 0 Å². The lowest BCUT2D eigenvalue weighted by Gasteiger charge is -2.37. The second kappa shape index (κ2) is 8.98. The van der Waals surface area contributed by atoms with Crippen LogP contribution in [0.25, 0.3) is 0 Å². The van der Waals surface area contributed by atoms with Gasteiger partial charge in [-0.1, -0.05) is 6.07 Å². The van der Waals surface area contributed by atoms with E-state index in [9.17, 15) is 9.59 Å². The lowest BCUT2D eigenvalue weighted by Crippen LogP contribution is -2.54. The molecule has 2 fully saturated rings. The largest absolute Gasteiger partial charge is 0.342 e. The number of hydrogen-bond acceptors (Lipinski definition) is 5. The summed E-state index contributed by atoms with van der Waals surface area (Å²) >= 11 is 0. The van der Waals surface area contributed by atoms with Gasteiger partial charge in [-0.15, -0.1) is 0 Å². The maximum atomic E-state index is 12.5. The van der Waals surface area contributed by atoms with E-state index in [-0.39, 0.29) is 17.9 Å². The van der Waals surface area contributed by atoms with Crippen molar-refractivity contribution in [2.45, 2.75) is 25.8 Å². The topological polar surface area (TPSA) is 79.7 Å². The highest BCUT2D eigenvalue weighted by Crippen LogP contribution is 2.13. The second-order valence-electron chi connectivity index (χ2n) is 7.26. The number of likely N-dealkylation sites (tertiary alicyclic amines) is 1. The normalized spacial score (nSPS) is 19.5. The molecule has 3 rings (SSSR count). The molecule has 0 radical (unpaired) electrons. The minimum Gasteiger partial charge on any atom is -0.342 e. The average molecular weight is 369 g/mol. The molecular weight excluding hydrogens is 342 g/mol. The van der Waals surface area contributed by atoms with Crippen molar-refractivity contribution in [3.8, 4) is 6.07 Å². The van der Waals surface area contributed by atoms with Crippen LogP contribution in [0.15, 0.2) is 24.3 Å². The lowest BCUT2D eigenvalue weighted by molar-refractivity contribution is -0.132. The molecule has 2 aliphatic heterocycles. The fourth-order valence-electron chi connectivity index (χ4n) is 3.65. The number of benzene rings is 1. The van der Waals surface area contributed by atoms with Gasteiger partial charge in [-0.05, 0) is 38.0 Å². The van der Waals surface area contributed by atoms with E-state index in [1.165, 1.54) is 0 Å². The third-order valence-corrected chi connectivity index (χ3v) is 5.41. The zero-order chi connectivity index (χ0) is 19.2. The summed E-state index contributed by atoms with van der Waals surface area (Å²) < 4.78 is 0. The number of nitrogens with zero attached hydrogens (tertiary/aromatic N) is 4. The first kappa shape index (κ1) is 19.3. The van der Waals surface area contributed by atoms with Crippen molar-refractivity contribution < 1.29 is 9.59 Å². The molecule has 1 aromatic carbocycles. The summed E-state index contributed by atoms with van der Waals surface area (Å²) in [5, 5.41) is 11.9. The van der Waals surface area contributed by atoms with Crippen molar-refractivity contribution in [1.82, 2.24) is 14.7 Å². The van der Waals surface area contributed by atoms with Crippen LogP contribution in [0.4, 0.5) is 5.69 Å². The van der Waals surface area contributed by atoms with Crippen molar-refractivity contribution >= 4 is 17.5 Å². The van der Waals surface area contributed by atoms with E-state index < -0.39 is 0 Å². The van der Waals surface area contributed by atoms with Crippen LogP contribution in [0.1, 0.15) is 25.3 Å². The third-order valence-electron chi connectivity index (χ3n) is 5.41. The Morgan fingerprint density at radius 3 is 2.52 bits per heavy atom. The molecule has 2 heterocycles. The Morgan fingerprint density at radius 1 is 1.15 bits per heavy atom. The van der Waals surface area contributed by atoms with Gasteiger partial charge in [0.25, 0.3) is 0 Å². The molecule has 7 nitrogen and oxygen atoms in total. The number of amides is 2. The Labute approximate surface area is 160 Å². The minimum atomic E-state index is -0.257. The van der Waals surface area contributed by atoms with Gasteiger partial charge in [0.15, 0.2) is 0 Å². The number of carbonyl (C=O) groups is 2. The number of piperazine rings is 1. The zero-order valence-corrected chi connectivity index (χ0v) is 15.9. The molecule has 144 valence electrons. The maximum absolute atomic E-state index is 12.5. The maximum Gasteiger partial charge on any atom is 0.241 e. The first-order valence-corrected chi connectivity index (χ1v) is 9.62. The van der Waals surface area contributed by atoms with Gasteiger partial charge in [-0.25, -0.2) is 0 Å². The van der Waals surface area contributed by atoms with Gasteiger partial charge < -0.3 is 10.2 Å². The predicted molar refractivity (Wildman–Crippen MR) is 103 cm³/mol. The molecule has 0 spiro atoms. The fourth-order valence-corrected chi connectivity index (χ4v) is 3.65. The van der Waals surface area contributed by atoms with E-state index in [4.69, 9.17) is 5.26 Å². The number of carbonyl (C=O) groups excluding carboxylic acids is 2. The number of nitrogens with one attached hydrogen (secondary N) is 1. The van der Waals surface area contributed by atoms with Gasteiger partial charge in [0.2, 0.25) is 11.8 Å². The van der Waals surface area contributed by atoms with E-state index in [1.54, 1.807) is 24.3 Å². The molecule has 1 unspecified atom stereocenters. The van der Waals surface area contributed by atoms with Crippen LogP contribution in [0.5, 0.6) is 0 Å². The minimum absolute atomic E-state index is 0.0771. The quantitative estimate of drug-likeness (QED) is 0.842. The molecule has 2 saturated heterocycles. The molecule has 1 aromatic rings. The van der Waals surface area contributed by atoms with Gasteiger partial charge >= 0.3 is 0 Å². The van der Waals surface area contributed by atoms with Crippen LogP contribution in [-0.2, 0) is 9.59 Å². The summed E-state index contributed by atoms with van der Waals surface area (Å²) in [6, 6.07) is 8.75. The number of anilines is 1. The Morgan fingerprint density at radius 2 is 1.85 bits per heavy atom. The Balaban J connectivity index is 1.46. The summed E-state index contributed by atoms with van der Waals surface area (Å²) in [7, 11) is 0. The highest BCUT2D eigenvalue weighted by molar-refractivity contribution is 5.94. The Bertz CT molecular complexity index is 715. The molecule has 0 saturated carbocycles. The van der Waals surface area contributed by atoms with Crippen molar-refractivity contribution in [1.29, 1.82) is 5.26 Å². The summed E-state index contributed by atoms with van der Waals surface area (Å²) in [4.78, 5) is 31.1. The van der Waals surface area contributed by atoms with E-state index in [0.29, 0.717) is 17.8 Å². The third kappa shape index (κ3) is 5.06. The van der Waals surface area contributed by atoms with Crippen molar-refractivity contribution in [2.75, 3.05) is 51.1 Å². The number of hydrogen-bond donors (Lipinski definition) is 1. The SMILES string of the molecule is CC(C(=O)Nc1cccc(C#N)c1)N1CCN(CC(=O)N2CCCC2)CC1. The number of nitriles is 1. The lowest BCUT2D eigenvalue weighted by atomic mass is 10.2. The number of rotatable bonds is 5. The highest BCUT2D eigenvalue weighted by atomic mass is 16.2. The van der Waals surface area contributed by atoms with Crippen molar-refractivity contribution in [3.05, 3.63) is 29.8 Å². The Hall–Kier alpha value is -2.43. The van der Waals surface area contributed by atoms with Gasteiger partial charge in [0.1, 0.15) is 0 Å². The van der Waals surface area contributed by atoms with Gasteiger partial charge in [-0.3, -0.25) is 19.4 Å². The molecule has 7 heteroatoms. The summed E-state index contributed by atoms with van der Waals surface area (Å²) in [5.41, 5.74) is 1.16. The van der Waals surface area contributed by atoms with E-state index in [1.807, 2.05) is 11.8 Å². The molecule has 1 N–H and O–H groups in total. The van der Waals surface area contributed by atoms with E-state index in [0.717, 1.165) is 52.1 Å². The van der Waals surface area contributed by atoms with Gasteiger partial charge in [0.05, 0.1) is 24.2 Å². The molecule has 2 amide bonds. The summed E-state index contributed by atoms with van der Waals surface area (Å²) in [6.07, 6.45) is 2.23. The molecule has 1 atom stereocenters. The van der Waals surface area contributed by atoms with Crippen LogP contribution < -0.4 is 5.32 Å². The monoisotopic (exact) mass is 369 g/mol. The smallest absolute Gasteiger partial charge is 0.241 e. The van der Waals surface area contributed by atoms with Crippen LogP contribution >= 0.6 is 0 Å². The molecular formula is C20H27N5O2. The zero-order valence-electron chi connectivity index (χ0n) is 15.9. The summed E-state index contributed by atoms with van der Waals surface area (Å²) in [6.45, 7) is 7.28. The van der Waals surface area contributed by atoms with Gasteiger partial charge in [0, 0.05) is 45.0 Å². The second-order valence-corrected chi connectivity index (χ2v) is 7.26. The van der Waals surface area contributed by atoms with Crippen molar-refractivity contribution in [2.24, 2.45) is 0 Å². The van der Waals surface area contributed by atoms with E-state index >= 15 is 0 Å². The first-order chi connectivity index (χ1) is 13.1. The highest BCUT2D eigenvalue weighted by Gasteiger charge is 2.27. The first-order valence-electron chi connectivity index (χ1n) is 9.62. The fraction of sp³-hybridized carbons (Fsp3) is 0.550. The standard InChI is InChI=1S/C20H27N5O2/c1-16(20(27)22-18-6-4-5-17(13-18)14-21)24-11-9-23(10-12-24)15-19(26)25-7-2-3-8-25/h4-6,13,16H,2-3,7-12,15H2,1H3,(H,22,27). The molecule has 0 bridgehead atoms. The molecule has 27 heavy (non-hydrogen) atoms. The molecule has 0 aliphatic carbocycles. The molecule has 0 aromatic heterocycles. The predicted octanol–water partition coefficient (Wildman–Crippen LogP) is 1.13. The Kier molecular flexibility index (Phi) is 6.43. The van der Waals surface area contributed by atoms with E-state index in [2.05, 4.69) is 21.2 Å². The molecule has 2 aliphatic rings. The van der Waals surface area contributed by atoms with Crippen LogP contribution in [0.2, 0.25) is 0 Å². The summed E-state index contributed by atoms with van der Waals surface area (Å²) in [5.74, 6) is 0.149. The van der Waals surface area contributed by atoms with Gasteiger partial charge in [-0.2, -0.15) is 5.26 Å². The van der Waals surface area contributed by atoms with Crippen molar-refractivity contribution in [3.63, 3.8) is 0 Å². The van der Waals surface area contributed by atoms with Crippen LogP contribution in [0, 0.1) is 11.3 Å². The van der Waals surface area contributed by atoms with Crippen LogP contribution in [-0.4, -0.2) is 78.4 Å².